The van der Waals surface area contributed by atoms with Crippen molar-refractivity contribution in [3.8, 4) is 22.8 Å². The second-order valence-corrected chi connectivity index (χ2v) is 7.50. The number of aromatic nitrogens is 3. The summed E-state index contributed by atoms with van der Waals surface area (Å²) in [6.45, 7) is 2.70. The van der Waals surface area contributed by atoms with Gasteiger partial charge in [-0.2, -0.15) is 4.98 Å². The highest BCUT2D eigenvalue weighted by molar-refractivity contribution is 7.15. The van der Waals surface area contributed by atoms with Crippen LogP contribution in [0.25, 0.3) is 22.8 Å². The molecule has 1 N–H and O–H groups in total. The van der Waals surface area contributed by atoms with Crippen LogP contribution in [0.15, 0.2) is 59.3 Å². The zero-order valence-corrected chi connectivity index (χ0v) is 15.5. The van der Waals surface area contributed by atoms with Gasteiger partial charge >= 0.3 is 0 Å². The van der Waals surface area contributed by atoms with Crippen LogP contribution in [-0.2, 0) is 6.54 Å². The summed E-state index contributed by atoms with van der Waals surface area (Å²) in [6, 6.07) is 15.9. The molecule has 0 fully saturated rings. The van der Waals surface area contributed by atoms with Crippen molar-refractivity contribution in [2.75, 3.05) is 5.32 Å². The van der Waals surface area contributed by atoms with E-state index in [1.807, 2.05) is 55.5 Å². The molecular weight excluding hydrogens is 368 g/mol. The first-order chi connectivity index (χ1) is 12.7. The summed E-state index contributed by atoms with van der Waals surface area (Å²) in [7, 11) is 0. The average molecular weight is 383 g/mol. The lowest BCUT2D eigenvalue weighted by Gasteiger charge is -2.05. The fourth-order valence-electron chi connectivity index (χ4n) is 2.48. The molecule has 0 saturated heterocycles. The van der Waals surface area contributed by atoms with Crippen molar-refractivity contribution in [3.63, 3.8) is 0 Å². The van der Waals surface area contributed by atoms with Gasteiger partial charge in [0.15, 0.2) is 4.47 Å². The molecule has 2 aromatic heterocycles. The average Bonchev–Trinajstić information content (AvgIpc) is 3.30. The van der Waals surface area contributed by atoms with E-state index in [-0.39, 0.29) is 0 Å². The number of hydrogen-bond acceptors (Lipinski definition) is 6. The summed E-state index contributed by atoms with van der Waals surface area (Å²) < 4.78 is 5.99. The number of thiazole rings is 1. The smallest absolute Gasteiger partial charge is 0.258 e. The third kappa shape index (κ3) is 3.76. The molecule has 4 rings (SSSR count). The van der Waals surface area contributed by atoms with Crippen molar-refractivity contribution in [2.24, 2.45) is 0 Å². The Morgan fingerprint density at radius 1 is 1.12 bits per heavy atom. The topological polar surface area (TPSA) is 63.8 Å². The molecule has 0 aliphatic heterocycles. The van der Waals surface area contributed by atoms with Crippen LogP contribution in [0, 0.1) is 6.92 Å². The molecule has 0 aliphatic rings. The van der Waals surface area contributed by atoms with Gasteiger partial charge in [-0.15, -0.1) is 11.3 Å². The van der Waals surface area contributed by atoms with Gasteiger partial charge in [-0.25, -0.2) is 4.98 Å². The van der Waals surface area contributed by atoms with Crippen LogP contribution in [0.2, 0.25) is 4.47 Å². The molecule has 0 aliphatic carbocycles. The fourth-order valence-corrected chi connectivity index (χ4v) is 3.39. The number of nitrogens with zero attached hydrogens (tertiary/aromatic N) is 3. The number of anilines is 1. The first-order valence-electron chi connectivity index (χ1n) is 8.03. The van der Waals surface area contributed by atoms with Crippen molar-refractivity contribution in [1.29, 1.82) is 0 Å². The minimum absolute atomic E-state index is 0.491. The Kier molecular flexibility index (Phi) is 4.69. The second kappa shape index (κ2) is 7.27. The van der Waals surface area contributed by atoms with Crippen LogP contribution >= 0.6 is 22.9 Å². The maximum atomic E-state index is 5.86. The number of hydrogen-bond donors (Lipinski definition) is 1. The van der Waals surface area contributed by atoms with Gasteiger partial charge in [0.2, 0.25) is 5.82 Å². The summed E-state index contributed by atoms with van der Waals surface area (Å²) in [4.78, 5) is 9.62. The largest absolute Gasteiger partial charge is 0.380 e. The maximum absolute atomic E-state index is 5.86. The standard InChI is InChI=1S/C19H15ClN4OS/c1-12-5-7-13(8-6-12)17-23-18(25-24-17)14-3-2-4-15(9-14)21-10-16-11-22-19(20)26-16/h2-9,11,21H,10H2,1H3. The third-order valence-corrected chi connectivity index (χ3v) is 4.95. The van der Waals surface area contributed by atoms with E-state index in [0.717, 1.165) is 21.7 Å². The number of halogens is 1. The molecule has 2 aromatic carbocycles. The number of rotatable bonds is 5. The van der Waals surface area contributed by atoms with Gasteiger partial charge in [0.05, 0.1) is 6.54 Å². The molecule has 0 saturated carbocycles. The Morgan fingerprint density at radius 3 is 2.73 bits per heavy atom. The van der Waals surface area contributed by atoms with Crippen molar-refractivity contribution in [1.82, 2.24) is 15.1 Å². The molecular formula is C19H15ClN4OS. The lowest BCUT2D eigenvalue weighted by molar-refractivity contribution is 0.432. The minimum Gasteiger partial charge on any atom is -0.380 e. The molecule has 130 valence electrons. The van der Waals surface area contributed by atoms with E-state index in [4.69, 9.17) is 16.1 Å². The van der Waals surface area contributed by atoms with Gasteiger partial charge in [0.25, 0.3) is 5.89 Å². The summed E-state index contributed by atoms with van der Waals surface area (Å²) in [5.74, 6) is 1.07. The molecule has 26 heavy (non-hydrogen) atoms. The predicted octanol–water partition coefficient (Wildman–Crippen LogP) is 5.43. The van der Waals surface area contributed by atoms with Gasteiger partial charge in [-0.05, 0) is 25.1 Å². The van der Waals surface area contributed by atoms with Gasteiger partial charge in [-0.1, -0.05) is 52.7 Å². The SMILES string of the molecule is Cc1ccc(-c2noc(-c3cccc(NCc4cnc(Cl)s4)c3)n2)cc1. The van der Waals surface area contributed by atoms with Crippen LogP contribution in [0.4, 0.5) is 5.69 Å². The van der Waals surface area contributed by atoms with E-state index in [1.165, 1.54) is 16.9 Å². The molecule has 4 aromatic rings. The van der Waals surface area contributed by atoms with Gasteiger partial charge in [-0.3, -0.25) is 0 Å². The number of aryl methyl sites for hydroxylation is 1. The zero-order chi connectivity index (χ0) is 17.9. The Hall–Kier alpha value is -2.70. The van der Waals surface area contributed by atoms with E-state index in [1.54, 1.807) is 6.20 Å². The number of benzene rings is 2. The summed E-state index contributed by atoms with van der Waals surface area (Å²) in [6.07, 6.45) is 1.77. The first kappa shape index (κ1) is 16.8. The maximum Gasteiger partial charge on any atom is 0.258 e. The Balaban J connectivity index is 1.52. The lowest BCUT2D eigenvalue weighted by atomic mass is 10.1. The third-order valence-electron chi connectivity index (χ3n) is 3.84. The highest BCUT2D eigenvalue weighted by atomic mass is 35.5. The van der Waals surface area contributed by atoms with E-state index >= 15 is 0 Å². The molecule has 0 atom stereocenters. The molecule has 5 nitrogen and oxygen atoms in total. The van der Waals surface area contributed by atoms with Crippen molar-refractivity contribution in [2.45, 2.75) is 13.5 Å². The molecule has 2 heterocycles. The van der Waals surface area contributed by atoms with Crippen molar-refractivity contribution in [3.05, 3.63) is 69.6 Å². The van der Waals surface area contributed by atoms with E-state index in [9.17, 15) is 0 Å². The van der Waals surface area contributed by atoms with Gasteiger partial charge in [0, 0.05) is 27.9 Å². The van der Waals surface area contributed by atoms with E-state index in [2.05, 4.69) is 20.4 Å². The summed E-state index contributed by atoms with van der Waals surface area (Å²) in [5, 5.41) is 7.44. The zero-order valence-electron chi connectivity index (χ0n) is 13.9. The van der Waals surface area contributed by atoms with Crippen LogP contribution in [0.1, 0.15) is 10.4 Å². The van der Waals surface area contributed by atoms with Gasteiger partial charge in [0.1, 0.15) is 0 Å². The highest BCUT2D eigenvalue weighted by Gasteiger charge is 2.11. The summed E-state index contributed by atoms with van der Waals surface area (Å²) >= 11 is 7.32. The van der Waals surface area contributed by atoms with Crippen molar-refractivity contribution < 1.29 is 4.52 Å². The molecule has 0 spiro atoms. The fraction of sp³-hybridized carbons (Fsp3) is 0.105. The van der Waals surface area contributed by atoms with Crippen LogP contribution < -0.4 is 5.32 Å². The minimum atomic E-state index is 0.491. The Bertz CT molecular complexity index is 1030. The van der Waals surface area contributed by atoms with Crippen LogP contribution in [0.5, 0.6) is 0 Å². The van der Waals surface area contributed by atoms with Crippen LogP contribution in [0.3, 0.4) is 0 Å². The Labute approximate surface area is 159 Å². The van der Waals surface area contributed by atoms with Crippen molar-refractivity contribution >= 4 is 28.6 Å². The molecule has 0 radical (unpaired) electrons. The predicted molar refractivity (Wildman–Crippen MR) is 104 cm³/mol. The molecule has 0 bridgehead atoms. The summed E-state index contributed by atoms with van der Waals surface area (Å²) in [5.41, 5.74) is 3.95. The monoisotopic (exact) mass is 382 g/mol. The van der Waals surface area contributed by atoms with E-state index < -0.39 is 0 Å². The quantitative estimate of drug-likeness (QED) is 0.498. The molecule has 7 heteroatoms. The normalized spacial score (nSPS) is 10.8. The van der Waals surface area contributed by atoms with Gasteiger partial charge < -0.3 is 9.84 Å². The Morgan fingerprint density at radius 2 is 1.96 bits per heavy atom. The highest BCUT2D eigenvalue weighted by Crippen LogP contribution is 2.25. The number of nitrogens with one attached hydrogen (secondary N) is 1. The first-order valence-corrected chi connectivity index (χ1v) is 9.22. The molecule has 0 amide bonds. The second-order valence-electron chi connectivity index (χ2n) is 5.80. The van der Waals surface area contributed by atoms with E-state index in [0.29, 0.717) is 22.7 Å². The molecule has 0 unspecified atom stereocenters. The lowest BCUT2D eigenvalue weighted by Crippen LogP contribution is -1.97. The van der Waals surface area contributed by atoms with Crippen LogP contribution in [-0.4, -0.2) is 15.1 Å².